The molecule has 1 fully saturated rings. The molecule has 1 heterocycles. The monoisotopic (exact) mass is 248 g/mol. The van der Waals surface area contributed by atoms with Gasteiger partial charge in [-0.3, -0.25) is 4.79 Å². The number of Topliss-reactive ketones (excluding diaryl/α,β-unsaturated/α-hetero) is 1. The first-order valence-electron chi connectivity index (χ1n) is 5.37. The van der Waals surface area contributed by atoms with Gasteiger partial charge in [0.1, 0.15) is 24.4 Å². The highest BCUT2D eigenvalue weighted by Crippen LogP contribution is 2.27. The molecule has 1 aliphatic rings. The van der Waals surface area contributed by atoms with Gasteiger partial charge in [-0.2, -0.15) is 0 Å². The summed E-state index contributed by atoms with van der Waals surface area (Å²) in [5.41, 5.74) is 0. The number of ether oxygens (including phenoxy) is 5. The van der Waals surface area contributed by atoms with E-state index in [1.54, 1.807) is 0 Å². The van der Waals surface area contributed by atoms with Crippen LogP contribution in [0, 0.1) is 0 Å². The molecule has 5 atom stereocenters. The van der Waals surface area contributed by atoms with Crippen LogP contribution in [0.1, 0.15) is 6.92 Å². The lowest BCUT2D eigenvalue weighted by atomic mass is 9.96. The highest BCUT2D eigenvalue weighted by atomic mass is 16.7. The molecule has 5 unspecified atom stereocenters. The van der Waals surface area contributed by atoms with E-state index in [0.29, 0.717) is 0 Å². The number of rotatable bonds is 5. The molecule has 1 aliphatic heterocycles. The molecule has 0 saturated carbocycles. The largest absolute Gasteiger partial charge is 0.376 e. The second-order valence-corrected chi connectivity index (χ2v) is 3.87. The third-order valence-corrected chi connectivity index (χ3v) is 2.94. The number of methoxy groups -OCH3 is 4. The molecular weight excluding hydrogens is 228 g/mol. The molecule has 6 heteroatoms. The van der Waals surface area contributed by atoms with Gasteiger partial charge in [-0.05, 0) is 6.92 Å². The van der Waals surface area contributed by atoms with E-state index in [0.717, 1.165) is 0 Å². The van der Waals surface area contributed by atoms with E-state index in [9.17, 15) is 4.79 Å². The van der Waals surface area contributed by atoms with Crippen molar-refractivity contribution in [1.82, 2.24) is 0 Å². The van der Waals surface area contributed by atoms with Gasteiger partial charge in [0.2, 0.25) is 0 Å². The van der Waals surface area contributed by atoms with Crippen molar-refractivity contribution in [1.29, 1.82) is 0 Å². The number of carbonyl (C=O) groups excluding carboxylic acids is 1. The average Bonchev–Trinajstić information content (AvgIpc) is 2.35. The molecule has 0 N–H and O–H groups in total. The number of ketones is 1. The summed E-state index contributed by atoms with van der Waals surface area (Å²) >= 11 is 0. The van der Waals surface area contributed by atoms with E-state index in [1.807, 2.05) is 0 Å². The van der Waals surface area contributed by atoms with E-state index in [1.165, 1.54) is 35.4 Å². The molecule has 0 aliphatic carbocycles. The molecule has 0 aromatic rings. The second-order valence-electron chi connectivity index (χ2n) is 3.87. The van der Waals surface area contributed by atoms with Crippen LogP contribution < -0.4 is 0 Å². The van der Waals surface area contributed by atoms with E-state index in [-0.39, 0.29) is 5.78 Å². The van der Waals surface area contributed by atoms with Crippen molar-refractivity contribution < 1.29 is 28.5 Å². The van der Waals surface area contributed by atoms with E-state index < -0.39 is 30.7 Å². The normalized spacial score (nSPS) is 38.1. The highest BCUT2D eigenvalue weighted by molar-refractivity contribution is 5.81. The van der Waals surface area contributed by atoms with Crippen LogP contribution in [-0.4, -0.2) is 64.9 Å². The van der Waals surface area contributed by atoms with E-state index >= 15 is 0 Å². The Balaban J connectivity index is 2.96. The zero-order valence-corrected chi connectivity index (χ0v) is 10.8. The molecule has 0 aromatic carbocycles. The van der Waals surface area contributed by atoms with Crippen LogP contribution in [0.15, 0.2) is 0 Å². The van der Waals surface area contributed by atoms with Gasteiger partial charge in [0.15, 0.2) is 12.1 Å². The van der Waals surface area contributed by atoms with Crippen molar-refractivity contribution in [2.24, 2.45) is 0 Å². The number of hydrogen-bond acceptors (Lipinski definition) is 6. The van der Waals surface area contributed by atoms with Gasteiger partial charge in [0.25, 0.3) is 0 Å². The van der Waals surface area contributed by atoms with Crippen LogP contribution in [0.5, 0.6) is 0 Å². The molecule has 1 rings (SSSR count). The quantitative estimate of drug-likeness (QED) is 0.682. The average molecular weight is 248 g/mol. The third-order valence-electron chi connectivity index (χ3n) is 2.94. The van der Waals surface area contributed by atoms with E-state index in [4.69, 9.17) is 23.7 Å². The highest BCUT2D eigenvalue weighted by Gasteiger charge is 2.48. The van der Waals surface area contributed by atoms with Crippen molar-refractivity contribution in [3.05, 3.63) is 0 Å². The summed E-state index contributed by atoms with van der Waals surface area (Å²) in [6.07, 6.45) is -2.72. The first kappa shape index (κ1) is 14.5. The fraction of sp³-hybridized carbons (Fsp3) is 0.909. The van der Waals surface area contributed by atoms with Gasteiger partial charge in [0, 0.05) is 28.4 Å². The van der Waals surface area contributed by atoms with Crippen molar-refractivity contribution in [2.45, 2.75) is 37.6 Å². The van der Waals surface area contributed by atoms with Gasteiger partial charge in [0.05, 0.1) is 0 Å². The molecular formula is C11H20O6. The molecule has 17 heavy (non-hydrogen) atoms. The maximum absolute atomic E-state index is 11.5. The Morgan fingerprint density at radius 3 is 1.76 bits per heavy atom. The third kappa shape index (κ3) is 2.83. The van der Waals surface area contributed by atoms with Crippen molar-refractivity contribution in [3.63, 3.8) is 0 Å². The summed E-state index contributed by atoms with van der Waals surface area (Å²) in [6, 6.07) is 0. The summed E-state index contributed by atoms with van der Waals surface area (Å²) in [4.78, 5) is 11.5. The standard InChI is InChI=1S/C11H20O6/c1-6(12)7-8(13-2)9(14-3)10(15-4)11(16-5)17-7/h7-11H,1-5H3. The smallest absolute Gasteiger partial charge is 0.187 e. The lowest BCUT2D eigenvalue weighted by Crippen LogP contribution is -2.61. The van der Waals surface area contributed by atoms with Crippen LogP contribution in [0.2, 0.25) is 0 Å². The summed E-state index contributed by atoms with van der Waals surface area (Å²) in [7, 11) is 6.08. The van der Waals surface area contributed by atoms with Crippen LogP contribution in [0.3, 0.4) is 0 Å². The van der Waals surface area contributed by atoms with E-state index in [2.05, 4.69) is 0 Å². The number of hydrogen-bond donors (Lipinski definition) is 0. The molecule has 1 saturated heterocycles. The zero-order valence-electron chi connectivity index (χ0n) is 10.8. The topological polar surface area (TPSA) is 63.2 Å². The molecule has 100 valence electrons. The molecule has 0 amide bonds. The minimum absolute atomic E-state index is 0.129. The van der Waals surface area contributed by atoms with Gasteiger partial charge in [-0.1, -0.05) is 0 Å². The Hall–Kier alpha value is -0.530. The first-order valence-corrected chi connectivity index (χ1v) is 5.37. The Morgan fingerprint density at radius 1 is 0.882 bits per heavy atom. The zero-order chi connectivity index (χ0) is 13.0. The Kier molecular flexibility index (Phi) is 5.48. The lowest BCUT2D eigenvalue weighted by Gasteiger charge is -2.43. The minimum atomic E-state index is -0.707. The minimum Gasteiger partial charge on any atom is -0.376 e. The first-order chi connectivity index (χ1) is 8.10. The second kappa shape index (κ2) is 6.42. The summed E-state index contributed by atoms with van der Waals surface area (Å²) in [6.45, 7) is 1.45. The predicted octanol–water partition coefficient (Wildman–Crippen LogP) is -0.00830. The van der Waals surface area contributed by atoms with Crippen LogP contribution >= 0.6 is 0 Å². The summed E-state index contributed by atoms with van der Waals surface area (Å²) in [5.74, 6) is -0.129. The Labute approximate surface area is 101 Å². The van der Waals surface area contributed by atoms with Gasteiger partial charge in [-0.25, -0.2) is 0 Å². The fourth-order valence-corrected chi connectivity index (χ4v) is 2.10. The molecule has 0 spiro atoms. The summed E-state index contributed by atoms with van der Waals surface area (Å²) in [5, 5.41) is 0. The summed E-state index contributed by atoms with van der Waals surface area (Å²) < 4.78 is 26.6. The predicted molar refractivity (Wildman–Crippen MR) is 58.7 cm³/mol. The van der Waals surface area contributed by atoms with Crippen molar-refractivity contribution in [2.75, 3.05) is 28.4 Å². The maximum Gasteiger partial charge on any atom is 0.187 e. The SMILES string of the molecule is COC1OC(C(C)=O)C(OC)C(OC)C1OC. The molecule has 0 radical (unpaired) electrons. The fourth-order valence-electron chi connectivity index (χ4n) is 2.10. The van der Waals surface area contributed by atoms with Crippen molar-refractivity contribution in [3.8, 4) is 0 Å². The van der Waals surface area contributed by atoms with Crippen LogP contribution in [0.4, 0.5) is 0 Å². The molecule has 0 aromatic heterocycles. The van der Waals surface area contributed by atoms with Crippen molar-refractivity contribution >= 4 is 5.78 Å². The Morgan fingerprint density at radius 2 is 1.41 bits per heavy atom. The van der Waals surface area contributed by atoms with Gasteiger partial charge < -0.3 is 23.7 Å². The number of carbonyl (C=O) groups is 1. The molecule has 6 nitrogen and oxygen atoms in total. The Bertz CT molecular complexity index is 256. The van der Waals surface area contributed by atoms with Crippen LogP contribution in [-0.2, 0) is 28.5 Å². The van der Waals surface area contributed by atoms with Gasteiger partial charge >= 0.3 is 0 Å². The lowest BCUT2D eigenvalue weighted by molar-refractivity contribution is -0.295. The maximum atomic E-state index is 11.5. The van der Waals surface area contributed by atoms with Gasteiger partial charge in [-0.15, -0.1) is 0 Å². The van der Waals surface area contributed by atoms with Crippen LogP contribution in [0.25, 0.3) is 0 Å². The molecule has 0 bridgehead atoms.